The van der Waals surface area contributed by atoms with E-state index in [9.17, 15) is 10.1 Å². The molecule has 0 bridgehead atoms. The molecule has 0 saturated carbocycles. The van der Waals surface area contributed by atoms with Gasteiger partial charge in [-0.1, -0.05) is 5.16 Å². The molecule has 0 fully saturated rings. The van der Waals surface area contributed by atoms with Gasteiger partial charge in [-0.15, -0.1) is 0 Å². The Hall–Kier alpha value is -2.52. The first-order valence-corrected chi connectivity index (χ1v) is 7.31. The molecule has 0 atom stereocenters. The molecule has 0 saturated heterocycles. The molecule has 0 aromatic carbocycles. The Morgan fingerprint density at radius 3 is 2.46 bits per heavy atom. The molecule has 0 aliphatic heterocycles. The monoisotopic (exact) mass is 336 g/mol. The van der Waals surface area contributed by atoms with E-state index in [1.165, 1.54) is 6.07 Å². The smallest absolute Gasteiger partial charge is 0.311 e. The molecule has 9 nitrogen and oxygen atoms in total. The van der Waals surface area contributed by atoms with E-state index in [0.29, 0.717) is 30.4 Å². The number of hydrogen-bond donors (Lipinski definition) is 1. The van der Waals surface area contributed by atoms with E-state index < -0.39 is 4.92 Å². The summed E-state index contributed by atoms with van der Waals surface area (Å²) in [7, 11) is 3.10. The van der Waals surface area contributed by atoms with Crippen LogP contribution in [0.5, 0.6) is 0 Å². The van der Waals surface area contributed by atoms with Crippen LogP contribution in [0.3, 0.4) is 0 Å². The molecule has 0 aliphatic rings. The van der Waals surface area contributed by atoms with Crippen molar-refractivity contribution in [2.75, 3.05) is 32.8 Å². The van der Waals surface area contributed by atoms with Crippen molar-refractivity contribution in [2.24, 2.45) is 0 Å². The molecule has 2 heterocycles. The van der Waals surface area contributed by atoms with Gasteiger partial charge >= 0.3 is 5.69 Å². The third kappa shape index (κ3) is 3.87. The highest BCUT2D eigenvalue weighted by Gasteiger charge is 2.22. The number of nitrogens with one attached hydrogen (secondary N) is 1. The van der Waals surface area contributed by atoms with Crippen LogP contribution in [0.25, 0.3) is 11.3 Å². The van der Waals surface area contributed by atoms with Crippen molar-refractivity contribution in [3.05, 3.63) is 33.7 Å². The summed E-state index contributed by atoms with van der Waals surface area (Å²) in [4.78, 5) is 15.2. The third-order valence-corrected chi connectivity index (χ3v) is 3.44. The van der Waals surface area contributed by atoms with E-state index in [1.807, 2.05) is 0 Å². The van der Waals surface area contributed by atoms with Crippen LogP contribution in [0.1, 0.15) is 11.5 Å². The maximum atomic E-state index is 11.3. The molecule has 0 amide bonds. The zero-order valence-electron chi connectivity index (χ0n) is 14.0. The number of methoxy groups -OCH3 is 2. The number of ether oxygens (including phenoxy) is 2. The zero-order chi connectivity index (χ0) is 17.7. The van der Waals surface area contributed by atoms with Gasteiger partial charge in [0.15, 0.2) is 0 Å². The summed E-state index contributed by atoms with van der Waals surface area (Å²) in [5.74, 6) is 0.752. The predicted octanol–water partition coefficient (Wildman–Crippen LogP) is 2.33. The fourth-order valence-corrected chi connectivity index (χ4v) is 2.42. The fraction of sp³-hybridized carbons (Fsp3) is 0.467. The van der Waals surface area contributed by atoms with Crippen LogP contribution in [0.2, 0.25) is 0 Å². The first-order valence-electron chi connectivity index (χ1n) is 7.31. The summed E-state index contributed by atoms with van der Waals surface area (Å²) in [5.41, 5.74) is 1.82. The van der Waals surface area contributed by atoms with Crippen molar-refractivity contribution in [3.8, 4) is 11.3 Å². The highest BCUT2D eigenvalue weighted by molar-refractivity contribution is 5.69. The maximum Gasteiger partial charge on any atom is 0.311 e. The number of aromatic nitrogens is 2. The molecule has 2 rings (SSSR count). The molecule has 2 aromatic heterocycles. The fourth-order valence-electron chi connectivity index (χ4n) is 2.42. The average Bonchev–Trinajstić information content (AvgIpc) is 2.86. The minimum atomic E-state index is -0.483. The van der Waals surface area contributed by atoms with E-state index in [-0.39, 0.29) is 17.5 Å². The first kappa shape index (κ1) is 17.8. The van der Waals surface area contributed by atoms with Gasteiger partial charge in [0.1, 0.15) is 5.76 Å². The van der Waals surface area contributed by atoms with Gasteiger partial charge in [0.2, 0.25) is 5.82 Å². The third-order valence-electron chi connectivity index (χ3n) is 3.44. The molecule has 24 heavy (non-hydrogen) atoms. The lowest BCUT2D eigenvalue weighted by Crippen LogP contribution is -2.30. The molecule has 2 aromatic rings. The SMILES string of the molecule is COCC(COC)Nc1nc(-c2c(C)noc2C)ccc1[N+](=O)[O-]. The summed E-state index contributed by atoms with van der Waals surface area (Å²) in [6, 6.07) is 2.72. The number of aryl methyl sites for hydroxylation is 2. The van der Waals surface area contributed by atoms with Crippen molar-refractivity contribution in [1.29, 1.82) is 0 Å². The highest BCUT2D eigenvalue weighted by atomic mass is 16.6. The van der Waals surface area contributed by atoms with Gasteiger partial charge < -0.3 is 19.3 Å². The van der Waals surface area contributed by atoms with E-state index in [2.05, 4.69) is 15.5 Å². The molecule has 0 aliphatic carbocycles. The summed E-state index contributed by atoms with van der Waals surface area (Å²) in [6.45, 7) is 4.20. The Labute approximate surface area is 139 Å². The van der Waals surface area contributed by atoms with Gasteiger partial charge in [0.25, 0.3) is 0 Å². The normalized spacial score (nSPS) is 11.0. The van der Waals surface area contributed by atoms with Gasteiger partial charge in [-0.05, 0) is 19.9 Å². The number of pyridine rings is 1. The largest absolute Gasteiger partial charge is 0.382 e. The first-order chi connectivity index (χ1) is 11.5. The van der Waals surface area contributed by atoms with Crippen LogP contribution in [0.15, 0.2) is 16.7 Å². The number of rotatable bonds is 8. The summed E-state index contributed by atoms with van der Waals surface area (Å²) in [6.07, 6.45) is 0. The predicted molar refractivity (Wildman–Crippen MR) is 87.0 cm³/mol. The van der Waals surface area contributed by atoms with Crippen LogP contribution in [0.4, 0.5) is 11.5 Å². The van der Waals surface area contributed by atoms with E-state index in [1.54, 1.807) is 34.1 Å². The summed E-state index contributed by atoms with van der Waals surface area (Å²) >= 11 is 0. The van der Waals surface area contributed by atoms with Crippen molar-refractivity contribution >= 4 is 11.5 Å². The van der Waals surface area contributed by atoms with Crippen molar-refractivity contribution in [1.82, 2.24) is 10.1 Å². The topological polar surface area (TPSA) is 113 Å². The highest BCUT2D eigenvalue weighted by Crippen LogP contribution is 2.30. The summed E-state index contributed by atoms with van der Waals surface area (Å²) < 4.78 is 15.4. The second kappa shape index (κ2) is 7.84. The number of nitro groups is 1. The van der Waals surface area contributed by atoms with Crippen molar-refractivity contribution in [2.45, 2.75) is 19.9 Å². The quantitative estimate of drug-likeness (QED) is 0.577. The Morgan fingerprint density at radius 1 is 1.29 bits per heavy atom. The second-order valence-corrected chi connectivity index (χ2v) is 5.27. The van der Waals surface area contributed by atoms with Crippen LogP contribution in [-0.4, -0.2) is 48.5 Å². The van der Waals surface area contributed by atoms with Crippen LogP contribution in [0, 0.1) is 24.0 Å². The minimum Gasteiger partial charge on any atom is -0.382 e. The number of nitrogens with zero attached hydrogens (tertiary/aromatic N) is 3. The maximum absolute atomic E-state index is 11.3. The van der Waals surface area contributed by atoms with E-state index in [4.69, 9.17) is 14.0 Å². The lowest BCUT2D eigenvalue weighted by Gasteiger charge is -2.18. The Bertz CT molecular complexity index is 690. The molecular formula is C15H20N4O5. The molecule has 0 unspecified atom stereocenters. The lowest BCUT2D eigenvalue weighted by atomic mass is 10.1. The van der Waals surface area contributed by atoms with Crippen LogP contribution in [-0.2, 0) is 9.47 Å². The molecule has 0 radical (unpaired) electrons. The van der Waals surface area contributed by atoms with Gasteiger partial charge in [0, 0.05) is 20.3 Å². The zero-order valence-corrected chi connectivity index (χ0v) is 14.0. The second-order valence-electron chi connectivity index (χ2n) is 5.27. The average molecular weight is 336 g/mol. The van der Waals surface area contributed by atoms with Crippen LogP contribution < -0.4 is 5.32 Å². The van der Waals surface area contributed by atoms with Crippen molar-refractivity contribution in [3.63, 3.8) is 0 Å². The number of hydrogen-bond acceptors (Lipinski definition) is 8. The lowest BCUT2D eigenvalue weighted by molar-refractivity contribution is -0.384. The molecule has 130 valence electrons. The van der Waals surface area contributed by atoms with Gasteiger partial charge in [0.05, 0.1) is 41.1 Å². The number of anilines is 1. The molecule has 1 N–H and O–H groups in total. The van der Waals surface area contributed by atoms with Gasteiger partial charge in [-0.25, -0.2) is 4.98 Å². The standard InChI is InChI=1S/C15H20N4O5/c1-9-14(10(2)24-18-9)12-5-6-13(19(20)21)15(17-12)16-11(7-22-3)8-23-4/h5-6,11H,7-8H2,1-4H3,(H,16,17). The summed E-state index contributed by atoms with van der Waals surface area (Å²) in [5, 5.41) is 18.2. The Balaban J connectivity index is 2.43. The molecule has 0 spiro atoms. The molecular weight excluding hydrogens is 316 g/mol. The minimum absolute atomic E-state index is 0.122. The van der Waals surface area contributed by atoms with Crippen LogP contribution >= 0.6 is 0 Å². The van der Waals surface area contributed by atoms with E-state index in [0.717, 1.165) is 5.56 Å². The van der Waals surface area contributed by atoms with E-state index >= 15 is 0 Å². The Morgan fingerprint density at radius 2 is 1.96 bits per heavy atom. The van der Waals surface area contributed by atoms with Gasteiger partial charge in [-0.2, -0.15) is 0 Å². The van der Waals surface area contributed by atoms with Crippen molar-refractivity contribution < 1.29 is 18.9 Å². The van der Waals surface area contributed by atoms with Gasteiger partial charge in [-0.3, -0.25) is 10.1 Å². The molecule has 9 heteroatoms. The Kier molecular flexibility index (Phi) is 5.83.